The Balaban J connectivity index is 3.16. The highest BCUT2D eigenvalue weighted by Gasteiger charge is 1.91. The van der Waals surface area contributed by atoms with Crippen LogP contribution in [-0.2, 0) is 0 Å². The zero-order chi connectivity index (χ0) is 5.70. The van der Waals surface area contributed by atoms with E-state index in [1.54, 1.807) is 12.2 Å². The number of hydrogen-bond donors (Lipinski definition) is 0. The van der Waals surface area contributed by atoms with Crippen molar-refractivity contribution < 1.29 is 4.39 Å². The summed E-state index contributed by atoms with van der Waals surface area (Å²) in [6, 6.07) is 0. The average molecular weight is 102 g/mol. The standard InChI is InChI=1S/C6H11F/c1-3-5-6(7)4-2/h3,5-6H,4H2,1-2H3/b5-3-. The van der Waals surface area contributed by atoms with Gasteiger partial charge in [-0.2, -0.15) is 0 Å². The molecule has 0 fully saturated rings. The molecule has 0 aliphatic heterocycles. The minimum Gasteiger partial charge on any atom is -0.243 e. The highest BCUT2D eigenvalue weighted by Crippen LogP contribution is 1.96. The fourth-order valence-corrected chi connectivity index (χ4v) is 0.345. The first-order chi connectivity index (χ1) is 3.31. The van der Waals surface area contributed by atoms with E-state index in [2.05, 4.69) is 0 Å². The summed E-state index contributed by atoms with van der Waals surface area (Å²) in [6.07, 6.45) is 3.14. The molecule has 0 N–H and O–H groups in total. The topological polar surface area (TPSA) is 0 Å². The van der Waals surface area contributed by atoms with Gasteiger partial charge in [-0.1, -0.05) is 19.1 Å². The van der Waals surface area contributed by atoms with Crippen LogP contribution < -0.4 is 0 Å². The summed E-state index contributed by atoms with van der Waals surface area (Å²) in [6.45, 7) is 3.65. The first-order valence-corrected chi connectivity index (χ1v) is 2.58. The van der Waals surface area contributed by atoms with Gasteiger partial charge in [-0.3, -0.25) is 0 Å². The molecule has 0 amide bonds. The van der Waals surface area contributed by atoms with E-state index in [4.69, 9.17) is 0 Å². The molecule has 1 heteroatoms. The molecule has 7 heavy (non-hydrogen) atoms. The second kappa shape index (κ2) is 3.85. The third kappa shape index (κ3) is 3.50. The lowest BCUT2D eigenvalue weighted by molar-refractivity contribution is 0.390. The van der Waals surface area contributed by atoms with Crippen LogP contribution in [0.5, 0.6) is 0 Å². The summed E-state index contributed by atoms with van der Waals surface area (Å²) >= 11 is 0. The molecule has 0 aliphatic rings. The third-order valence-corrected chi connectivity index (χ3v) is 0.791. The Morgan fingerprint density at radius 1 is 1.71 bits per heavy atom. The van der Waals surface area contributed by atoms with Gasteiger partial charge in [-0.15, -0.1) is 0 Å². The minimum atomic E-state index is -0.731. The lowest BCUT2D eigenvalue weighted by atomic mass is 10.3. The van der Waals surface area contributed by atoms with Gasteiger partial charge in [0.1, 0.15) is 6.17 Å². The first kappa shape index (κ1) is 6.67. The molecule has 0 saturated heterocycles. The van der Waals surface area contributed by atoms with Gasteiger partial charge in [0, 0.05) is 0 Å². The van der Waals surface area contributed by atoms with Gasteiger partial charge in [-0.25, -0.2) is 4.39 Å². The number of alkyl halides is 1. The van der Waals surface area contributed by atoms with Crippen LogP contribution in [0.25, 0.3) is 0 Å². The maximum atomic E-state index is 12.0. The molecule has 1 unspecified atom stereocenters. The summed E-state index contributed by atoms with van der Waals surface area (Å²) in [5, 5.41) is 0. The van der Waals surface area contributed by atoms with E-state index >= 15 is 0 Å². The molecule has 0 aliphatic carbocycles. The quantitative estimate of drug-likeness (QED) is 0.469. The van der Waals surface area contributed by atoms with Gasteiger partial charge in [0.15, 0.2) is 0 Å². The maximum Gasteiger partial charge on any atom is 0.118 e. The SMILES string of the molecule is C/C=C\C(F)CC. The number of hydrogen-bond acceptors (Lipinski definition) is 0. The van der Waals surface area contributed by atoms with Gasteiger partial charge in [0.25, 0.3) is 0 Å². The molecule has 0 bridgehead atoms. The van der Waals surface area contributed by atoms with Crippen molar-refractivity contribution in [2.45, 2.75) is 26.4 Å². The molecule has 42 valence electrons. The summed E-state index contributed by atoms with van der Waals surface area (Å²) < 4.78 is 12.0. The Morgan fingerprint density at radius 3 is 2.43 bits per heavy atom. The Morgan fingerprint density at radius 2 is 2.29 bits per heavy atom. The van der Waals surface area contributed by atoms with Crippen molar-refractivity contribution in [3.8, 4) is 0 Å². The van der Waals surface area contributed by atoms with E-state index in [0.29, 0.717) is 6.42 Å². The van der Waals surface area contributed by atoms with Crippen LogP contribution >= 0.6 is 0 Å². The van der Waals surface area contributed by atoms with E-state index < -0.39 is 6.17 Å². The van der Waals surface area contributed by atoms with Gasteiger partial charge in [-0.05, 0) is 13.3 Å². The second-order valence-electron chi connectivity index (χ2n) is 1.45. The Labute approximate surface area is 44.0 Å². The van der Waals surface area contributed by atoms with E-state index in [1.165, 1.54) is 0 Å². The predicted octanol–water partition coefficient (Wildman–Crippen LogP) is 2.31. The van der Waals surface area contributed by atoms with Crippen molar-refractivity contribution in [2.24, 2.45) is 0 Å². The average Bonchev–Trinajstić information content (AvgIpc) is 1.68. The summed E-state index contributed by atoms with van der Waals surface area (Å²) in [4.78, 5) is 0. The largest absolute Gasteiger partial charge is 0.243 e. The van der Waals surface area contributed by atoms with E-state index in [0.717, 1.165) is 0 Å². The highest BCUT2D eigenvalue weighted by atomic mass is 19.1. The van der Waals surface area contributed by atoms with Crippen LogP contribution in [0.15, 0.2) is 12.2 Å². The van der Waals surface area contributed by atoms with Crippen molar-refractivity contribution in [1.82, 2.24) is 0 Å². The number of halogens is 1. The summed E-state index contributed by atoms with van der Waals surface area (Å²) in [5.74, 6) is 0. The molecule has 0 saturated carbocycles. The van der Waals surface area contributed by atoms with Gasteiger partial charge in [0.05, 0.1) is 0 Å². The Kier molecular flexibility index (Phi) is 3.67. The van der Waals surface area contributed by atoms with Crippen molar-refractivity contribution in [1.29, 1.82) is 0 Å². The lowest BCUT2D eigenvalue weighted by Gasteiger charge is -1.91. The fraction of sp³-hybridized carbons (Fsp3) is 0.667. The van der Waals surface area contributed by atoms with Crippen LogP contribution in [0.4, 0.5) is 4.39 Å². The zero-order valence-corrected chi connectivity index (χ0v) is 4.82. The maximum absolute atomic E-state index is 12.0. The van der Waals surface area contributed by atoms with Crippen LogP contribution in [0.2, 0.25) is 0 Å². The zero-order valence-electron chi connectivity index (χ0n) is 4.82. The molecular weight excluding hydrogens is 91.1 g/mol. The Bertz CT molecular complexity index is 57.2. The van der Waals surface area contributed by atoms with Gasteiger partial charge in [0.2, 0.25) is 0 Å². The third-order valence-electron chi connectivity index (χ3n) is 0.791. The van der Waals surface area contributed by atoms with Crippen LogP contribution in [0.1, 0.15) is 20.3 Å². The van der Waals surface area contributed by atoms with Crippen molar-refractivity contribution in [2.75, 3.05) is 0 Å². The van der Waals surface area contributed by atoms with Crippen LogP contribution in [-0.4, -0.2) is 6.17 Å². The smallest absolute Gasteiger partial charge is 0.118 e. The van der Waals surface area contributed by atoms with Crippen molar-refractivity contribution in [3.05, 3.63) is 12.2 Å². The van der Waals surface area contributed by atoms with E-state index in [1.807, 2.05) is 13.8 Å². The first-order valence-electron chi connectivity index (χ1n) is 2.58. The lowest BCUT2D eigenvalue weighted by Crippen LogP contribution is -1.88. The van der Waals surface area contributed by atoms with Crippen LogP contribution in [0, 0.1) is 0 Å². The summed E-state index contributed by atoms with van der Waals surface area (Å²) in [7, 11) is 0. The monoisotopic (exact) mass is 102 g/mol. The molecule has 0 aromatic rings. The van der Waals surface area contributed by atoms with Gasteiger partial charge < -0.3 is 0 Å². The molecule has 0 nitrogen and oxygen atoms in total. The van der Waals surface area contributed by atoms with Crippen LogP contribution in [0.3, 0.4) is 0 Å². The fourth-order valence-electron chi connectivity index (χ4n) is 0.345. The Hall–Kier alpha value is -0.330. The molecule has 0 aromatic heterocycles. The summed E-state index contributed by atoms with van der Waals surface area (Å²) in [5.41, 5.74) is 0. The molecule has 0 radical (unpaired) electrons. The molecule has 1 atom stereocenters. The molecule has 0 heterocycles. The van der Waals surface area contributed by atoms with E-state index in [9.17, 15) is 4.39 Å². The molecule has 0 spiro atoms. The molecular formula is C6H11F. The number of allylic oxidation sites excluding steroid dienone is 2. The van der Waals surface area contributed by atoms with Crippen molar-refractivity contribution in [3.63, 3.8) is 0 Å². The van der Waals surface area contributed by atoms with Gasteiger partial charge >= 0.3 is 0 Å². The second-order valence-corrected chi connectivity index (χ2v) is 1.45. The minimum absolute atomic E-state index is 0.588. The predicted molar refractivity (Wildman–Crippen MR) is 30.0 cm³/mol. The molecule has 0 rings (SSSR count). The van der Waals surface area contributed by atoms with Crippen molar-refractivity contribution >= 4 is 0 Å². The molecule has 0 aromatic carbocycles. The van der Waals surface area contributed by atoms with E-state index in [-0.39, 0.29) is 0 Å². The highest BCUT2D eigenvalue weighted by molar-refractivity contribution is 4.84. The number of rotatable bonds is 2. The normalized spacial score (nSPS) is 15.3.